The van der Waals surface area contributed by atoms with Crippen molar-refractivity contribution in [1.29, 1.82) is 0 Å². The first-order valence-electron chi connectivity index (χ1n) is 9.37. The maximum Gasteiger partial charge on any atom is 0.232 e. The Bertz CT molecular complexity index is 851. The minimum Gasteiger partial charge on any atom is -0.493 e. The first-order chi connectivity index (χ1) is 13.5. The maximum atomic E-state index is 12.6. The van der Waals surface area contributed by atoms with Crippen molar-refractivity contribution in [3.8, 4) is 11.5 Å². The molecule has 0 radical (unpaired) electrons. The molecule has 6 nitrogen and oxygen atoms in total. The SMILES string of the molecule is COc1cc2c(cc1OC)CN(C(=O)CC(=O)NC(C)c1ccccc1)CC2. The smallest absolute Gasteiger partial charge is 0.232 e. The van der Waals surface area contributed by atoms with Crippen molar-refractivity contribution >= 4 is 11.8 Å². The van der Waals surface area contributed by atoms with Gasteiger partial charge >= 0.3 is 0 Å². The van der Waals surface area contributed by atoms with Crippen LogP contribution in [0.1, 0.15) is 36.1 Å². The third-order valence-corrected chi connectivity index (χ3v) is 5.06. The predicted molar refractivity (Wildman–Crippen MR) is 106 cm³/mol. The first-order valence-corrected chi connectivity index (χ1v) is 9.37. The molecule has 2 amide bonds. The number of amides is 2. The number of methoxy groups -OCH3 is 2. The molecule has 1 atom stereocenters. The van der Waals surface area contributed by atoms with E-state index in [4.69, 9.17) is 9.47 Å². The second kappa shape index (κ2) is 8.78. The summed E-state index contributed by atoms with van der Waals surface area (Å²) in [4.78, 5) is 26.7. The average molecular weight is 382 g/mol. The molecule has 1 unspecified atom stereocenters. The van der Waals surface area contributed by atoms with E-state index >= 15 is 0 Å². The number of hydrogen-bond donors (Lipinski definition) is 1. The van der Waals surface area contributed by atoms with Gasteiger partial charge in [0.05, 0.1) is 20.3 Å². The van der Waals surface area contributed by atoms with Gasteiger partial charge in [-0.05, 0) is 42.2 Å². The number of ether oxygens (including phenoxy) is 2. The van der Waals surface area contributed by atoms with Gasteiger partial charge in [0.2, 0.25) is 11.8 Å². The summed E-state index contributed by atoms with van der Waals surface area (Å²) < 4.78 is 10.7. The van der Waals surface area contributed by atoms with Crippen molar-refractivity contribution in [3.63, 3.8) is 0 Å². The van der Waals surface area contributed by atoms with E-state index in [9.17, 15) is 9.59 Å². The van der Waals surface area contributed by atoms with E-state index in [1.54, 1.807) is 19.1 Å². The topological polar surface area (TPSA) is 67.9 Å². The lowest BCUT2D eigenvalue weighted by atomic mass is 9.98. The fraction of sp³-hybridized carbons (Fsp3) is 0.364. The van der Waals surface area contributed by atoms with Gasteiger partial charge in [0.1, 0.15) is 6.42 Å². The molecule has 0 spiro atoms. The number of fused-ring (bicyclic) bond motifs is 1. The normalized spacial score (nSPS) is 14.0. The number of carbonyl (C=O) groups is 2. The number of nitrogens with one attached hydrogen (secondary N) is 1. The molecule has 28 heavy (non-hydrogen) atoms. The highest BCUT2D eigenvalue weighted by Crippen LogP contribution is 2.33. The monoisotopic (exact) mass is 382 g/mol. The van der Waals surface area contributed by atoms with E-state index in [1.807, 2.05) is 49.4 Å². The van der Waals surface area contributed by atoms with Crippen LogP contribution in [0.5, 0.6) is 11.5 Å². The molecule has 0 aliphatic carbocycles. The lowest BCUT2D eigenvalue weighted by Gasteiger charge is -2.29. The highest BCUT2D eigenvalue weighted by atomic mass is 16.5. The Morgan fingerprint density at radius 1 is 1.07 bits per heavy atom. The van der Waals surface area contributed by atoms with Gasteiger partial charge in [-0.15, -0.1) is 0 Å². The van der Waals surface area contributed by atoms with E-state index in [1.165, 1.54) is 0 Å². The Hall–Kier alpha value is -3.02. The number of nitrogens with zero attached hydrogens (tertiary/aromatic N) is 1. The van der Waals surface area contributed by atoms with E-state index in [0.29, 0.717) is 24.6 Å². The van der Waals surface area contributed by atoms with Gasteiger partial charge in [0.25, 0.3) is 0 Å². The summed E-state index contributed by atoms with van der Waals surface area (Å²) in [7, 11) is 3.20. The summed E-state index contributed by atoms with van der Waals surface area (Å²) in [6.07, 6.45) is 0.573. The minimum absolute atomic E-state index is 0.139. The average Bonchev–Trinajstić information content (AvgIpc) is 2.72. The fourth-order valence-corrected chi connectivity index (χ4v) is 3.46. The van der Waals surface area contributed by atoms with Gasteiger partial charge < -0.3 is 19.7 Å². The zero-order chi connectivity index (χ0) is 20.1. The summed E-state index contributed by atoms with van der Waals surface area (Å²) in [6.45, 7) is 2.97. The summed E-state index contributed by atoms with van der Waals surface area (Å²) in [5.41, 5.74) is 3.18. The molecule has 6 heteroatoms. The van der Waals surface area contributed by atoms with Crippen molar-refractivity contribution in [2.45, 2.75) is 32.4 Å². The number of hydrogen-bond acceptors (Lipinski definition) is 4. The molecule has 3 rings (SSSR count). The van der Waals surface area contributed by atoms with Gasteiger partial charge in [-0.1, -0.05) is 30.3 Å². The van der Waals surface area contributed by atoms with Crippen molar-refractivity contribution in [1.82, 2.24) is 10.2 Å². The molecule has 0 saturated heterocycles. The molecule has 1 aliphatic rings. The maximum absolute atomic E-state index is 12.6. The fourth-order valence-electron chi connectivity index (χ4n) is 3.46. The van der Waals surface area contributed by atoms with Crippen LogP contribution in [0, 0.1) is 0 Å². The van der Waals surface area contributed by atoms with Crippen molar-refractivity contribution in [3.05, 3.63) is 59.2 Å². The van der Waals surface area contributed by atoms with Crippen LogP contribution in [0.2, 0.25) is 0 Å². The summed E-state index contributed by atoms with van der Waals surface area (Å²) in [5, 5.41) is 2.90. The predicted octanol–water partition coefficient (Wildman–Crippen LogP) is 2.86. The molecular weight excluding hydrogens is 356 g/mol. The molecule has 2 aromatic carbocycles. The van der Waals surface area contributed by atoms with Crippen LogP contribution >= 0.6 is 0 Å². The standard InChI is InChI=1S/C22H26N2O4/c1-15(16-7-5-4-6-8-16)23-21(25)13-22(26)24-10-9-17-11-19(27-2)20(28-3)12-18(17)14-24/h4-8,11-12,15H,9-10,13-14H2,1-3H3,(H,23,25). The van der Waals surface area contributed by atoms with Crippen LogP contribution in [0.3, 0.4) is 0 Å². The van der Waals surface area contributed by atoms with Crippen LogP contribution < -0.4 is 14.8 Å². The lowest BCUT2D eigenvalue weighted by molar-refractivity contribution is -0.137. The molecular formula is C22H26N2O4. The van der Waals surface area contributed by atoms with E-state index in [-0.39, 0.29) is 24.3 Å². The lowest BCUT2D eigenvalue weighted by Crippen LogP contribution is -2.39. The third-order valence-electron chi connectivity index (χ3n) is 5.06. The van der Waals surface area contributed by atoms with Crippen molar-refractivity contribution in [2.75, 3.05) is 20.8 Å². The molecule has 1 aliphatic heterocycles. The van der Waals surface area contributed by atoms with E-state index in [2.05, 4.69) is 5.32 Å². The third kappa shape index (κ3) is 4.44. The highest BCUT2D eigenvalue weighted by Gasteiger charge is 2.24. The Labute approximate surface area is 165 Å². The van der Waals surface area contributed by atoms with Crippen molar-refractivity contribution < 1.29 is 19.1 Å². The van der Waals surface area contributed by atoms with Gasteiger partial charge in [-0.3, -0.25) is 9.59 Å². The second-order valence-corrected chi connectivity index (χ2v) is 6.92. The van der Waals surface area contributed by atoms with Crippen LogP contribution in [-0.2, 0) is 22.6 Å². The molecule has 0 aromatic heterocycles. The van der Waals surface area contributed by atoms with Gasteiger partial charge in [-0.25, -0.2) is 0 Å². The minimum atomic E-state index is -0.264. The largest absolute Gasteiger partial charge is 0.493 e. The van der Waals surface area contributed by atoms with E-state index in [0.717, 1.165) is 23.1 Å². The Kier molecular flexibility index (Phi) is 6.19. The number of benzene rings is 2. The zero-order valence-electron chi connectivity index (χ0n) is 16.5. The first kappa shape index (κ1) is 19.7. The van der Waals surface area contributed by atoms with Crippen LogP contribution in [0.25, 0.3) is 0 Å². The van der Waals surface area contributed by atoms with Crippen LogP contribution in [0.15, 0.2) is 42.5 Å². The molecule has 0 bridgehead atoms. The molecule has 148 valence electrons. The number of rotatable bonds is 6. The summed E-state index contributed by atoms with van der Waals surface area (Å²) >= 11 is 0. The molecule has 0 saturated carbocycles. The molecule has 1 heterocycles. The quantitative estimate of drug-likeness (QED) is 0.780. The summed E-state index contributed by atoms with van der Waals surface area (Å²) in [5.74, 6) is 0.901. The Balaban J connectivity index is 1.60. The molecule has 1 N–H and O–H groups in total. The summed E-state index contributed by atoms with van der Waals surface area (Å²) in [6, 6.07) is 13.4. The molecule has 0 fully saturated rings. The van der Waals surface area contributed by atoms with Gasteiger partial charge in [0.15, 0.2) is 11.5 Å². The van der Waals surface area contributed by atoms with Crippen molar-refractivity contribution in [2.24, 2.45) is 0 Å². The highest BCUT2D eigenvalue weighted by molar-refractivity contribution is 5.97. The number of carbonyl (C=O) groups excluding carboxylic acids is 2. The van der Waals surface area contributed by atoms with Gasteiger partial charge in [-0.2, -0.15) is 0 Å². The Morgan fingerprint density at radius 2 is 1.71 bits per heavy atom. The van der Waals surface area contributed by atoms with Crippen LogP contribution in [0.4, 0.5) is 0 Å². The van der Waals surface area contributed by atoms with Gasteiger partial charge in [0, 0.05) is 13.1 Å². The Morgan fingerprint density at radius 3 is 2.36 bits per heavy atom. The van der Waals surface area contributed by atoms with E-state index < -0.39 is 0 Å². The second-order valence-electron chi connectivity index (χ2n) is 6.92. The van der Waals surface area contributed by atoms with Crippen LogP contribution in [-0.4, -0.2) is 37.5 Å². The zero-order valence-corrected chi connectivity index (χ0v) is 16.5. The molecule has 2 aromatic rings.